The number of fused-ring (bicyclic) bond motifs is 6. The minimum Gasteiger partial charge on any atom is -0.870 e. The maximum Gasteiger partial charge on any atom is 1.00 e. The van der Waals surface area contributed by atoms with Gasteiger partial charge in [0, 0.05) is 84.0 Å². The van der Waals surface area contributed by atoms with E-state index in [1.54, 1.807) is 78.1 Å². The van der Waals surface area contributed by atoms with E-state index in [2.05, 4.69) is 58.5 Å². The molecule has 0 radical (unpaired) electrons. The van der Waals surface area contributed by atoms with Gasteiger partial charge in [-0.1, -0.05) is 101 Å². The van der Waals surface area contributed by atoms with Gasteiger partial charge in [-0.3, -0.25) is 37.8 Å². The molecule has 5 N–H and O–H groups in total. The molecule has 36 heteroatoms. The number of hydrogen-bond donors (Lipinski definition) is 4. The molecule has 2 aromatic carbocycles. The fourth-order valence-corrected chi connectivity index (χ4v) is 23.8. The van der Waals surface area contributed by atoms with E-state index in [1.807, 2.05) is 69.8 Å². The number of aliphatic hydroxyl groups excluding tert-OH is 1. The van der Waals surface area contributed by atoms with Gasteiger partial charge in [-0.25, -0.2) is 36.4 Å². The molecule has 10 aliphatic rings. The number of ketones is 2. The first-order valence-corrected chi connectivity index (χ1v) is 51.2. The van der Waals surface area contributed by atoms with Gasteiger partial charge < -0.3 is 59.5 Å². The Morgan fingerprint density at radius 1 is 0.542 bits per heavy atom. The third-order valence-corrected chi connectivity index (χ3v) is 33.5. The summed E-state index contributed by atoms with van der Waals surface area (Å²) < 4.78 is 86.1. The summed E-state index contributed by atoms with van der Waals surface area (Å²) >= 11 is 3.25. The molecule has 8 heterocycles. The Kier molecular flexibility index (Phi) is 35.4. The standard InChI is InChI=1S/2C47H64N6O8S2.CH4O.2K.H2O/c2*1-29(2)53-36-21-15-19-33(40-48-35(28-62-40)30-16-11-10-12-17-30)39(36)50-43(53)60-32-24-37-38(54)26-47(42(56)51-63(58,59)46(6)22-23-46)25-31(47)18-13-8-7-9-14-20-34(41(55)52(37)27-32)49-44(57)61-45(3,4)5;1-2;;;/h13,15,18-19,21,28-32,34,37H,7-12,14,16-17,20,22-27H2,1-6H3,(H,49,57)(H,51,56);13,15,18-19,21,28-32,34,37H,7-12,14,16-17,20,22-27H2,1-6H3,(H2,49,51,56,57);2H,1H3;;;1H2/q;;;2*+1;/p-2/b2*18-13-;;;;/t2*31-,32-,34+,37+,47-;;;;/m11..../s1. The zero-order chi connectivity index (χ0) is 91.8. The fraction of sp³-hybridized carbons (Fsp3) is 0.663. The van der Waals surface area contributed by atoms with Crippen LogP contribution in [0.4, 0.5) is 9.59 Å². The largest absolute Gasteiger partial charge is 1.00 e. The first kappa shape index (κ1) is 106. The number of carbonyl (C=O) groups excluding carboxylic acids is 8. The van der Waals surface area contributed by atoms with E-state index in [0.29, 0.717) is 88.1 Å². The molecule has 8 fully saturated rings. The van der Waals surface area contributed by atoms with Gasteiger partial charge in [-0.2, -0.15) is 9.97 Å². The first-order valence-electron chi connectivity index (χ1n) is 46.5. The SMILES string of the molecule is CC(C)n1c(O[C@@H]2C[C@H]3C(=O)C[C@]4(C(=O)NS(=O)(=O)C5(C)CC5)C[C@H]4/C=C\CCCCC[C@H](NC(=O)OC(C)(C)C)C(=O)N3C2)nc2c(-c3nc(C4CCCCC4)cs3)cccc21.CC(C)n1c(O[C@@H]2C[C@H]3C(=O)C[C@]4(C(=O)[N-]S(=O)(=O)C5(C)CC5)C[C@H]4/C=C\CCCCC[C@H](NC(=O)OC(C)(C)C)C(=O)N3C2)nc2c(-c3nc(C4CCCCC4)cs3)cccc21.CO.[K+].[K+].[OH-]. The molecule has 6 aliphatic carbocycles. The van der Waals surface area contributed by atoms with Gasteiger partial charge in [0.2, 0.25) is 27.7 Å². The molecule has 0 bridgehead atoms. The Bertz CT molecular complexity index is 5090. The van der Waals surface area contributed by atoms with E-state index in [-0.39, 0.29) is 189 Å². The zero-order valence-corrected chi connectivity index (χ0v) is 88.6. The second-order valence-corrected chi connectivity index (χ2v) is 46.3. The number of ether oxygens (including phenoxy) is 4. The van der Waals surface area contributed by atoms with E-state index in [0.717, 1.165) is 119 Å². The van der Waals surface area contributed by atoms with E-state index >= 15 is 0 Å². The molecular formula is C95H132K2N12O18S4. The van der Waals surface area contributed by atoms with Crippen molar-refractivity contribution in [2.75, 3.05) is 20.2 Å². The van der Waals surface area contributed by atoms with Gasteiger partial charge in [-0.05, 0) is 222 Å². The predicted molar refractivity (Wildman–Crippen MR) is 494 cm³/mol. The number of hydrogen-bond acceptors (Lipinski definition) is 24. The molecule has 10 atom stereocenters. The number of nitrogens with zero attached hydrogens (tertiary/aromatic N) is 9. The first-order chi connectivity index (χ1) is 60.8. The number of alkyl carbamates (subject to hydrolysis) is 2. The summed E-state index contributed by atoms with van der Waals surface area (Å²) in [7, 11) is -7.05. The number of carbonyl (C=O) groups is 8. The summed E-state index contributed by atoms with van der Waals surface area (Å²) in [5.41, 5.74) is 3.15. The van der Waals surface area contributed by atoms with Crippen LogP contribution >= 0.6 is 22.7 Å². The monoisotopic (exact) mass is 1930 g/mol. The van der Waals surface area contributed by atoms with Gasteiger partial charge in [0.1, 0.15) is 66.6 Å². The number of sulfonamides is 2. The van der Waals surface area contributed by atoms with E-state index in [4.69, 9.17) is 44.0 Å². The van der Waals surface area contributed by atoms with E-state index < -0.39 is 124 Å². The third kappa shape index (κ3) is 24.5. The van der Waals surface area contributed by atoms with Crippen molar-refractivity contribution in [1.82, 2.24) is 54.2 Å². The Morgan fingerprint density at radius 3 is 1.34 bits per heavy atom. The predicted octanol–water partition coefficient (Wildman–Crippen LogP) is 11.3. The van der Waals surface area contributed by atoms with Crippen LogP contribution in [0.15, 0.2) is 71.5 Å². The summed E-state index contributed by atoms with van der Waals surface area (Å²) in [4.78, 5) is 137. The number of allylic oxidation sites excluding steroid dienone is 4. The van der Waals surface area contributed by atoms with Crippen molar-refractivity contribution in [2.24, 2.45) is 22.7 Å². The van der Waals surface area contributed by atoms with Crippen molar-refractivity contribution in [3.05, 3.63) is 87.6 Å². The molecule has 0 spiro atoms. The molecule has 16 rings (SSSR count). The van der Waals surface area contributed by atoms with Crippen LogP contribution in [0.1, 0.15) is 311 Å². The Morgan fingerprint density at radius 2 is 0.931 bits per heavy atom. The number of rotatable bonds is 18. The number of amides is 6. The van der Waals surface area contributed by atoms with Gasteiger partial charge in [0.05, 0.1) is 68.4 Å². The summed E-state index contributed by atoms with van der Waals surface area (Å²) in [5, 5.41) is 18.8. The van der Waals surface area contributed by atoms with Crippen LogP contribution < -0.4 is 128 Å². The van der Waals surface area contributed by atoms with Crippen LogP contribution in [-0.2, 0) is 58.3 Å². The van der Waals surface area contributed by atoms with Gasteiger partial charge in [0.15, 0.2) is 11.6 Å². The molecule has 4 aromatic heterocycles. The average molecular weight is 1940 g/mol. The zero-order valence-electron chi connectivity index (χ0n) is 79.1. The normalized spacial score (nSPS) is 26.5. The number of aromatic nitrogens is 6. The number of benzene rings is 2. The van der Waals surface area contributed by atoms with Gasteiger partial charge >= 0.3 is 115 Å². The van der Waals surface area contributed by atoms with Crippen molar-refractivity contribution < 1.29 is 187 Å². The van der Waals surface area contributed by atoms with Gasteiger partial charge in [0.25, 0.3) is 12.0 Å². The topological polar surface area (TPSA) is 410 Å². The van der Waals surface area contributed by atoms with Crippen LogP contribution in [-0.4, -0.2) is 191 Å². The van der Waals surface area contributed by atoms with E-state index in [9.17, 15) is 55.2 Å². The molecular weight excluding hydrogens is 1800 g/mol. The summed E-state index contributed by atoms with van der Waals surface area (Å²) in [5.74, 6) is -2.86. The van der Waals surface area contributed by atoms with Crippen molar-refractivity contribution in [2.45, 2.75) is 357 Å². The second kappa shape index (κ2) is 43.7. The summed E-state index contributed by atoms with van der Waals surface area (Å²) in [6.45, 7) is 22.0. The summed E-state index contributed by atoms with van der Waals surface area (Å²) in [6, 6.07) is 8.70. The van der Waals surface area contributed by atoms with Gasteiger partial charge in [-0.15, -0.1) is 22.7 Å². The minimum absolute atomic E-state index is 0. The number of para-hydroxylation sites is 2. The molecule has 6 saturated carbocycles. The van der Waals surface area contributed by atoms with Crippen LogP contribution in [0.3, 0.4) is 0 Å². The van der Waals surface area contributed by atoms with E-state index in [1.165, 1.54) is 48.3 Å². The molecule has 2 saturated heterocycles. The number of thiazole rings is 2. The Balaban J connectivity index is 0.000000243. The molecule has 0 unspecified atom stereocenters. The molecule has 706 valence electrons. The Labute approximate surface area is 864 Å². The third-order valence-electron chi connectivity index (χ3n) is 27.5. The molecule has 131 heavy (non-hydrogen) atoms. The molecule has 4 aliphatic heterocycles. The summed E-state index contributed by atoms with van der Waals surface area (Å²) in [6.07, 6.45) is 25.7. The maximum absolute atomic E-state index is 14.8. The minimum atomic E-state index is -4.09. The fourth-order valence-electron chi connectivity index (χ4n) is 19.4. The van der Waals surface area contributed by atoms with Crippen LogP contribution in [0.5, 0.6) is 12.0 Å². The smallest absolute Gasteiger partial charge is 0.870 e. The average Bonchev–Trinajstić information content (AvgIpc) is 1.57. The number of aliphatic hydroxyl groups is 1. The number of imidazole rings is 2. The Hall–Kier alpha value is -5.43. The van der Waals surface area contributed by atoms with Crippen molar-refractivity contribution in [1.29, 1.82) is 0 Å². The quantitative estimate of drug-likeness (QED) is 0.0458. The van der Waals surface area contributed by atoms with Crippen molar-refractivity contribution in [3.8, 4) is 33.2 Å². The molecule has 6 amide bonds. The maximum atomic E-state index is 14.8. The van der Waals surface area contributed by atoms with Crippen LogP contribution in [0, 0.1) is 22.7 Å². The second-order valence-electron chi connectivity index (χ2n) is 40.3. The molecule has 6 aromatic rings. The number of Topliss-reactive ketones (excluding diaryl/α,β-unsaturated/α-hetero) is 2. The number of nitrogens with one attached hydrogen (secondary N) is 3. The van der Waals surface area contributed by atoms with Crippen molar-refractivity contribution in [3.63, 3.8) is 0 Å². The van der Waals surface area contributed by atoms with Crippen molar-refractivity contribution >= 4 is 112 Å². The van der Waals surface area contributed by atoms with Crippen LogP contribution in [0.2, 0.25) is 0 Å². The van der Waals surface area contributed by atoms with Crippen LogP contribution in [0.25, 0.3) is 47.9 Å². The molecule has 30 nitrogen and oxygen atoms in total.